The van der Waals surface area contributed by atoms with Gasteiger partial charge in [-0.2, -0.15) is 79.0 Å². The SMILES string of the molecule is FC(F)(F)c1cc(NC(=S)N[C@H](CN=C(NC[C@H](Cc2ccccc2)NC(=S)Nc2cc(C(F)(F)F)cc(C(F)(F)F)c2)Nc2cc(C(F)(F)F)cc(C(F)(F)F)c2)Cc2ccccc2)cc(C(F)(F)F)c1. The molecule has 5 aromatic rings. The molecule has 5 aromatic carbocycles. The third kappa shape index (κ3) is 17.4. The van der Waals surface area contributed by atoms with Crippen LogP contribution in [0.1, 0.15) is 44.5 Å². The first kappa shape index (κ1) is 56.4. The quantitative estimate of drug-likeness (QED) is 0.0301. The van der Waals surface area contributed by atoms with Crippen LogP contribution in [0.2, 0.25) is 0 Å². The smallest absolute Gasteiger partial charge is 0.358 e. The van der Waals surface area contributed by atoms with Gasteiger partial charge in [-0.25, -0.2) is 0 Å². The highest BCUT2D eigenvalue weighted by Crippen LogP contribution is 2.40. The molecule has 388 valence electrons. The summed E-state index contributed by atoms with van der Waals surface area (Å²) in [6, 6.07) is 15.5. The van der Waals surface area contributed by atoms with Gasteiger partial charge >= 0.3 is 37.1 Å². The van der Waals surface area contributed by atoms with E-state index in [0.29, 0.717) is 47.5 Å². The molecule has 7 nitrogen and oxygen atoms in total. The average molecular weight is 1080 g/mol. The average Bonchev–Trinajstić information content (AvgIpc) is 3.25. The largest absolute Gasteiger partial charge is 0.416 e. The molecule has 0 heterocycles. The van der Waals surface area contributed by atoms with Gasteiger partial charge in [0.15, 0.2) is 16.2 Å². The van der Waals surface area contributed by atoms with Gasteiger partial charge in [0.05, 0.1) is 46.0 Å². The molecule has 2 atom stereocenters. The number of alkyl halides is 18. The zero-order valence-corrected chi connectivity index (χ0v) is 37.7. The molecule has 5 rings (SSSR count). The standard InChI is InChI=1S/C45H35F18N7S2/c46-40(47,48)26-13-27(41(49,50)51)17-32(16-26)66-37(64-22-35(11-24-7-3-1-4-8-24)69-38(71)67-33-18-28(42(52,53)54)14-29(19-33)43(55,56)57)65-23-36(12-25-9-5-2-6-10-25)70-39(72)68-34-20-30(44(58,59)60)15-31(21-34)45(61,62)63/h1-10,13-21,35-36H,11-12,22-23H2,(H2,64,65,66)(H2,67,69,71)(H2,68,70,72)/t35-,36-/m0/s1. The second kappa shape index (κ2) is 22.5. The molecule has 0 unspecified atom stereocenters. The normalized spacial score (nSPS) is 13.7. The first-order chi connectivity index (χ1) is 33.2. The van der Waals surface area contributed by atoms with Crippen LogP contribution in [0.15, 0.2) is 120 Å². The zero-order chi connectivity index (χ0) is 53.5. The predicted molar refractivity (Wildman–Crippen MR) is 240 cm³/mol. The van der Waals surface area contributed by atoms with Crippen molar-refractivity contribution >= 4 is 57.7 Å². The number of rotatable bonds is 13. The summed E-state index contributed by atoms with van der Waals surface area (Å²) in [5, 5.41) is 13.9. The molecule has 0 saturated heterocycles. The van der Waals surface area contributed by atoms with Crippen LogP contribution in [-0.4, -0.2) is 41.4 Å². The summed E-state index contributed by atoms with van der Waals surface area (Å²) in [7, 11) is 0. The second-order valence-corrected chi connectivity index (χ2v) is 16.4. The Morgan fingerprint density at radius 1 is 0.403 bits per heavy atom. The predicted octanol–water partition coefficient (Wildman–Crippen LogP) is 13.4. The highest BCUT2D eigenvalue weighted by molar-refractivity contribution is 7.80. The van der Waals surface area contributed by atoms with Crippen molar-refractivity contribution in [1.82, 2.24) is 16.0 Å². The van der Waals surface area contributed by atoms with Gasteiger partial charge in [-0.1, -0.05) is 60.7 Å². The molecule has 0 aromatic heterocycles. The molecule has 0 amide bonds. The van der Waals surface area contributed by atoms with Crippen molar-refractivity contribution in [2.24, 2.45) is 4.99 Å². The van der Waals surface area contributed by atoms with E-state index in [1.54, 1.807) is 60.7 Å². The molecule has 0 fully saturated rings. The van der Waals surface area contributed by atoms with E-state index >= 15 is 0 Å². The molecule has 72 heavy (non-hydrogen) atoms. The van der Waals surface area contributed by atoms with E-state index in [9.17, 15) is 79.0 Å². The van der Waals surface area contributed by atoms with Crippen molar-refractivity contribution < 1.29 is 79.0 Å². The van der Waals surface area contributed by atoms with Crippen LogP contribution in [0.25, 0.3) is 0 Å². The summed E-state index contributed by atoms with van der Waals surface area (Å²) in [5.41, 5.74) is -11.5. The molecule has 0 aliphatic heterocycles. The van der Waals surface area contributed by atoms with Gasteiger partial charge in [0.25, 0.3) is 0 Å². The minimum Gasteiger partial charge on any atom is -0.358 e. The van der Waals surface area contributed by atoms with Gasteiger partial charge in [-0.05, 0) is 103 Å². The minimum absolute atomic E-state index is 0.0647. The first-order valence-electron chi connectivity index (χ1n) is 20.4. The third-order valence-electron chi connectivity index (χ3n) is 9.85. The Labute approximate surface area is 407 Å². The summed E-state index contributed by atoms with van der Waals surface area (Å²) in [6.07, 6.45) is -31.7. The molecule has 0 saturated carbocycles. The number of halogens is 18. The highest BCUT2D eigenvalue weighted by atomic mass is 32.1. The third-order valence-corrected chi connectivity index (χ3v) is 10.3. The van der Waals surface area contributed by atoms with Crippen molar-refractivity contribution in [1.29, 1.82) is 0 Å². The molecule has 6 N–H and O–H groups in total. The Hall–Kier alpha value is -6.51. The number of anilines is 3. The summed E-state index contributed by atoms with van der Waals surface area (Å²) in [5.74, 6) is -0.569. The van der Waals surface area contributed by atoms with E-state index in [4.69, 9.17) is 24.4 Å². The van der Waals surface area contributed by atoms with Crippen molar-refractivity contribution in [2.75, 3.05) is 29.0 Å². The van der Waals surface area contributed by atoms with Gasteiger partial charge < -0.3 is 31.9 Å². The van der Waals surface area contributed by atoms with Crippen LogP contribution in [-0.2, 0) is 49.9 Å². The van der Waals surface area contributed by atoms with E-state index in [1.165, 1.54) is 0 Å². The summed E-state index contributed by atoms with van der Waals surface area (Å²) in [4.78, 5) is 4.34. The van der Waals surface area contributed by atoms with Crippen LogP contribution < -0.4 is 31.9 Å². The Kier molecular flexibility index (Phi) is 17.6. The lowest BCUT2D eigenvalue weighted by Gasteiger charge is -2.25. The van der Waals surface area contributed by atoms with E-state index in [1.807, 2.05) is 0 Å². The number of nitrogens with zero attached hydrogens (tertiary/aromatic N) is 1. The first-order valence-corrected chi connectivity index (χ1v) is 21.2. The van der Waals surface area contributed by atoms with E-state index in [2.05, 4.69) is 36.9 Å². The molecule has 0 spiro atoms. The molecule has 0 aliphatic rings. The molecular formula is C45H35F18N7S2. The zero-order valence-electron chi connectivity index (χ0n) is 36.0. The highest BCUT2D eigenvalue weighted by Gasteiger charge is 2.40. The maximum atomic E-state index is 14.0. The number of hydrogen-bond acceptors (Lipinski definition) is 3. The second-order valence-electron chi connectivity index (χ2n) is 15.5. The summed E-state index contributed by atoms with van der Waals surface area (Å²) in [6.45, 7) is -1.01. The Bertz CT molecular complexity index is 2590. The van der Waals surface area contributed by atoms with Crippen LogP contribution in [0.3, 0.4) is 0 Å². The fourth-order valence-corrected chi connectivity index (χ4v) is 7.19. The number of hydrogen-bond donors (Lipinski definition) is 6. The number of aliphatic imine (C=N–C) groups is 1. The van der Waals surface area contributed by atoms with Gasteiger partial charge in [0.1, 0.15) is 0 Å². The maximum Gasteiger partial charge on any atom is 0.416 e. The van der Waals surface area contributed by atoms with Crippen LogP contribution in [0.5, 0.6) is 0 Å². The van der Waals surface area contributed by atoms with Gasteiger partial charge in [-0.3, -0.25) is 4.99 Å². The van der Waals surface area contributed by atoms with E-state index in [0.717, 1.165) is 0 Å². The number of benzene rings is 5. The van der Waals surface area contributed by atoms with Gasteiger partial charge in [0, 0.05) is 29.6 Å². The van der Waals surface area contributed by atoms with Crippen LogP contribution in [0, 0.1) is 0 Å². The number of guanidine groups is 1. The fourth-order valence-electron chi connectivity index (χ4n) is 6.62. The van der Waals surface area contributed by atoms with Crippen molar-refractivity contribution in [3.8, 4) is 0 Å². The van der Waals surface area contributed by atoms with Crippen molar-refractivity contribution in [3.63, 3.8) is 0 Å². The Morgan fingerprint density at radius 2 is 0.694 bits per heavy atom. The molecule has 0 radical (unpaired) electrons. The summed E-state index contributed by atoms with van der Waals surface area (Å²) >= 11 is 10.5. The van der Waals surface area contributed by atoms with Crippen LogP contribution in [0.4, 0.5) is 96.1 Å². The molecular weight excluding hydrogens is 1040 g/mol. The number of thiocarbonyl (C=S) groups is 2. The molecule has 27 heteroatoms. The lowest BCUT2D eigenvalue weighted by Crippen LogP contribution is -2.48. The topological polar surface area (TPSA) is 84.5 Å². The van der Waals surface area contributed by atoms with Gasteiger partial charge in [0.2, 0.25) is 0 Å². The number of nitrogens with one attached hydrogen (secondary N) is 6. The van der Waals surface area contributed by atoms with Crippen molar-refractivity contribution in [2.45, 2.75) is 62.0 Å². The van der Waals surface area contributed by atoms with Gasteiger partial charge in [-0.15, -0.1) is 0 Å². The lowest BCUT2D eigenvalue weighted by atomic mass is 10.1. The van der Waals surface area contributed by atoms with Crippen molar-refractivity contribution in [3.05, 3.63) is 160 Å². The monoisotopic (exact) mass is 1080 g/mol. The molecule has 0 bridgehead atoms. The minimum atomic E-state index is -5.32. The van der Waals surface area contributed by atoms with E-state index < -0.39 is 129 Å². The fraction of sp³-hybridized carbons (Fsp3) is 0.267. The Morgan fingerprint density at radius 3 is 1.01 bits per heavy atom. The summed E-state index contributed by atoms with van der Waals surface area (Å²) < 4.78 is 247. The van der Waals surface area contributed by atoms with Crippen LogP contribution >= 0.6 is 24.4 Å². The molecule has 0 aliphatic carbocycles. The maximum absolute atomic E-state index is 14.0. The lowest BCUT2D eigenvalue weighted by molar-refractivity contribution is -0.144. The van der Waals surface area contributed by atoms with E-state index in [-0.39, 0.29) is 31.0 Å². The Balaban J connectivity index is 1.52.